The van der Waals surface area contributed by atoms with Crippen LogP contribution in [0.5, 0.6) is 0 Å². The zero-order chi connectivity index (χ0) is 11.3. The molecule has 15 heavy (non-hydrogen) atoms. The molecule has 80 valence electrons. The Bertz CT molecular complexity index is 357. The van der Waals surface area contributed by atoms with Crippen LogP contribution in [0.25, 0.3) is 0 Å². The lowest BCUT2D eigenvalue weighted by Crippen LogP contribution is -2.06. The van der Waals surface area contributed by atoms with Gasteiger partial charge < -0.3 is 10.4 Å². The molecule has 1 rings (SSSR count). The maximum Gasteiger partial charge on any atom is 0.335 e. The molecule has 0 aromatic heterocycles. The van der Waals surface area contributed by atoms with Gasteiger partial charge in [-0.15, -0.1) is 0 Å². The van der Waals surface area contributed by atoms with E-state index in [2.05, 4.69) is 5.32 Å². The van der Waals surface area contributed by atoms with Gasteiger partial charge in [0.05, 0.1) is 5.56 Å². The molecule has 0 aliphatic rings. The fraction of sp³-hybridized carbons (Fsp3) is 0.273. The Balaban J connectivity index is 2.50. The number of aromatic carboxylic acids is 1. The topological polar surface area (TPSA) is 66.4 Å². The summed E-state index contributed by atoms with van der Waals surface area (Å²) in [6.07, 6.45) is 0.473. The summed E-state index contributed by atoms with van der Waals surface area (Å²) in [5.41, 5.74) is 1.08. The molecule has 0 amide bonds. The molecule has 0 heterocycles. The molecule has 0 saturated carbocycles. The van der Waals surface area contributed by atoms with E-state index in [1.807, 2.05) is 0 Å². The summed E-state index contributed by atoms with van der Waals surface area (Å²) in [7, 11) is 0. The van der Waals surface area contributed by atoms with E-state index in [1.54, 1.807) is 12.1 Å². The Morgan fingerprint density at radius 2 is 1.87 bits per heavy atom. The molecule has 2 N–H and O–H groups in total. The van der Waals surface area contributed by atoms with Crippen LogP contribution in [-0.4, -0.2) is 23.4 Å². The van der Waals surface area contributed by atoms with Crippen LogP contribution in [0.3, 0.4) is 0 Å². The van der Waals surface area contributed by atoms with Gasteiger partial charge in [-0.25, -0.2) is 4.79 Å². The molecule has 1 aromatic rings. The van der Waals surface area contributed by atoms with E-state index >= 15 is 0 Å². The molecule has 4 nitrogen and oxygen atoms in total. The van der Waals surface area contributed by atoms with Crippen LogP contribution < -0.4 is 5.32 Å². The lowest BCUT2D eigenvalue weighted by molar-refractivity contribution is -0.116. The Morgan fingerprint density at radius 1 is 1.27 bits per heavy atom. The molecule has 4 heteroatoms. The van der Waals surface area contributed by atoms with Gasteiger partial charge in [0.25, 0.3) is 0 Å². The minimum absolute atomic E-state index is 0.129. The lowest BCUT2D eigenvalue weighted by atomic mass is 10.2. The van der Waals surface area contributed by atoms with Crippen molar-refractivity contribution < 1.29 is 14.7 Å². The SMILES string of the molecule is CC(=O)CCNc1ccc(C(=O)O)cc1. The normalized spacial score (nSPS) is 9.67. The summed E-state index contributed by atoms with van der Waals surface area (Å²) in [4.78, 5) is 21.2. The van der Waals surface area contributed by atoms with Gasteiger partial charge in [-0.05, 0) is 31.2 Å². The van der Waals surface area contributed by atoms with Gasteiger partial charge >= 0.3 is 5.97 Å². The number of carboxylic acid groups (broad SMARTS) is 1. The first-order valence-electron chi connectivity index (χ1n) is 4.66. The van der Waals surface area contributed by atoms with Gasteiger partial charge in [-0.3, -0.25) is 4.79 Å². The number of rotatable bonds is 5. The number of carbonyl (C=O) groups excluding carboxylic acids is 1. The number of ketones is 1. The summed E-state index contributed by atoms with van der Waals surface area (Å²) in [5.74, 6) is -0.810. The molecule has 0 atom stereocenters. The van der Waals surface area contributed by atoms with E-state index < -0.39 is 5.97 Å². The summed E-state index contributed by atoms with van der Waals surface area (Å²) >= 11 is 0. The Morgan fingerprint density at radius 3 is 2.33 bits per heavy atom. The molecule has 0 radical (unpaired) electrons. The highest BCUT2D eigenvalue weighted by molar-refractivity contribution is 5.88. The number of Topliss-reactive ketones (excluding diaryl/α,β-unsaturated/α-hetero) is 1. The smallest absolute Gasteiger partial charge is 0.335 e. The average molecular weight is 207 g/mol. The van der Waals surface area contributed by atoms with Crippen LogP contribution in [0.15, 0.2) is 24.3 Å². The van der Waals surface area contributed by atoms with E-state index in [-0.39, 0.29) is 11.3 Å². The number of carbonyl (C=O) groups is 2. The fourth-order valence-corrected chi connectivity index (χ4v) is 1.11. The highest BCUT2D eigenvalue weighted by atomic mass is 16.4. The first-order chi connectivity index (χ1) is 7.09. The second-order valence-corrected chi connectivity index (χ2v) is 3.26. The number of carboxylic acids is 1. The molecule has 0 aliphatic carbocycles. The zero-order valence-electron chi connectivity index (χ0n) is 8.49. The fourth-order valence-electron chi connectivity index (χ4n) is 1.11. The number of anilines is 1. The van der Waals surface area contributed by atoms with Crippen LogP contribution in [-0.2, 0) is 4.79 Å². The standard InChI is InChI=1S/C11H13NO3/c1-8(13)6-7-12-10-4-2-9(3-5-10)11(14)15/h2-5,12H,6-7H2,1H3,(H,14,15). The minimum atomic E-state index is -0.940. The van der Waals surface area contributed by atoms with Crippen molar-refractivity contribution in [3.63, 3.8) is 0 Å². The first kappa shape index (κ1) is 11.2. The van der Waals surface area contributed by atoms with Crippen LogP contribution in [0.1, 0.15) is 23.7 Å². The zero-order valence-corrected chi connectivity index (χ0v) is 8.49. The lowest BCUT2D eigenvalue weighted by Gasteiger charge is -2.04. The predicted octanol–water partition coefficient (Wildman–Crippen LogP) is 1.78. The monoisotopic (exact) mass is 207 g/mol. The molecule has 0 unspecified atom stereocenters. The van der Waals surface area contributed by atoms with Gasteiger partial charge in [-0.1, -0.05) is 0 Å². The predicted molar refractivity (Wildman–Crippen MR) is 57.2 cm³/mol. The van der Waals surface area contributed by atoms with E-state index in [0.29, 0.717) is 13.0 Å². The third-order valence-corrected chi connectivity index (χ3v) is 1.94. The molecule has 0 aliphatic heterocycles. The first-order valence-corrected chi connectivity index (χ1v) is 4.66. The van der Waals surface area contributed by atoms with Crippen molar-refractivity contribution in [1.29, 1.82) is 0 Å². The number of nitrogens with one attached hydrogen (secondary N) is 1. The van der Waals surface area contributed by atoms with Crippen molar-refractivity contribution in [1.82, 2.24) is 0 Å². The number of hydrogen-bond acceptors (Lipinski definition) is 3. The van der Waals surface area contributed by atoms with Gasteiger partial charge in [0.2, 0.25) is 0 Å². The van der Waals surface area contributed by atoms with E-state index in [4.69, 9.17) is 5.11 Å². The van der Waals surface area contributed by atoms with Crippen molar-refractivity contribution in [2.24, 2.45) is 0 Å². The van der Waals surface area contributed by atoms with Crippen molar-refractivity contribution in [3.8, 4) is 0 Å². The van der Waals surface area contributed by atoms with Crippen LogP contribution in [0.4, 0.5) is 5.69 Å². The second-order valence-electron chi connectivity index (χ2n) is 3.26. The van der Waals surface area contributed by atoms with Gasteiger partial charge in [-0.2, -0.15) is 0 Å². The molecule has 1 aromatic carbocycles. The average Bonchev–Trinajstić information content (AvgIpc) is 2.18. The summed E-state index contributed by atoms with van der Waals surface area (Å²) in [6, 6.07) is 6.42. The molecule has 0 saturated heterocycles. The van der Waals surface area contributed by atoms with E-state index in [0.717, 1.165) is 5.69 Å². The van der Waals surface area contributed by atoms with E-state index in [1.165, 1.54) is 19.1 Å². The Kier molecular flexibility index (Phi) is 3.85. The summed E-state index contributed by atoms with van der Waals surface area (Å²) < 4.78 is 0. The molecular weight excluding hydrogens is 194 g/mol. The van der Waals surface area contributed by atoms with Crippen LogP contribution in [0, 0.1) is 0 Å². The molecule has 0 fully saturated rings. The maximum absolute atomic E-state index is 10.7. The second kappa shape index (κ2) is 5.14. The van der Waals surface area contributed by atoms with Crippen molar-refractivity contribution >= 4 is 17.4 Å². The third-order valence-electron chi connectivity index (χ3n) is 1.94. The Labute approximate surface area is 87.9 Å². The van der Waals surface area contributed by atoms with Crippen molar-refractivity contribution in [2.45, 2.75) is 13.3 Å². The highest BCUT2D eigenvalue weighted by Gasteiger charge is 2.01. The van der Waals surface area contributed by atoms with Gasteiger partial charge in [0.1, 0.15) is 5.78 Å². The maximum atomic E-state index is 10.7. The summed E-state index contributed by atoms with van der Waals surface area (Å²) in [5, 5.41) is 11.7. The number of benzene rings is 1. The largest absolute Gasteiger partial charge is 0.478 e. The molecule has 0 spiro atoms. The summed E-state index contributed by atoms with van der Waals surface area (Å²) in [6.45, 7) is 2.11. The number of hydrogen-bond donors (Lipinski definition) is 2. The minimum Gasteiger partial charge on any atom is -0.478 e. The highest BCUT2D eigenvalue weighted by Crippen LogP contribution is 2.09. The van der Waals surface area contributed by atoms with Crippen LogP contribution in [0.2, 0.25) is 0 Å². The third kappa shape index (κ3) is 3.81. The van der Waals surface area contributed by atoms with Gasteiger partial charge in [0.15, 0.2) is 0 Å². The van der Waals surface area contributed by atoms with Crippen molar-refractivity contribution in [2.75, 3.05) is 11.9 Å². The quantitative estimate of drug-likeness (QED) is 0.772. The van der Waals surface area contributed by atoms with E-state index in [9.17, 15) is 9.59 Å². The van der Waals surface area contributed by atoms with Crippen LogP contribution >= 0.6 is 0 Å². The Hall–Kier alpha value is -1.84. The van der Waals surface area contributed by atoms with Gasteiger partial charge in [0, 0.05) is 18.7 Å². The molecular formula is C11H13NO3. The molecule has 0 bridgehead atoms. The van der Waals surface area contributed by atoms with Crippen molar-refractivity contribution in [3.05, 3.63) is 29.8 Å².